The van der Waals surface area contributed by atoms with Gasteiger partial charge < -0.3 is 29.0 Å². The second-order valence-corrected chi connectivity index (χ2v) is 13.3. The van der Waals surface area contributed by atoms with Gasteiger partial charge >= 0.3 is 5.97 Å². The van der Waals surface area contributed by atoms with Crippen molar-refractivity contribution in [2.45, 2.75) is 40.1 Å². The molecule has 58 heavy (non-hydrogen) atoms. The van der Waals surface area contributed by atoms with E-state index < -0.39 is 11.9 Å². The first kappa shape index (κ1) is 39.0. The molecule has 0 fully saturated rings. The molecule has 298 valence electrons. The molecular formula is C42H43N9O7. The van der Waals surface area contributed by atoms with Gasteiger partial charge in [0.25, 0.3) is 5.91 Å². The van der Waals surface area contributed by atoms with E-state index in [1.54, 1.807) is 56.1 Å². The topological polar surface area (TPSA) is 172 Å². The molecule has 4 heterocycles. The number of methoxy groups -OCH3 is 3. The highest BCUT2D eigenvalue weighted by molar-refractivity contribution is 5.99. The minimum Gasteiger partial charge on any atom is -0.497 e. The molecule has 0 saturated carbocycles. The molecule has 0 atom stereocenters. The molecule has 1 N–H and O–H groups in total. The summed E-state index contributed by atoms with van der Waals surface area (Å²) in [6, 6.07) is 24.6. The van der Waals surface area contributed by atoms with Crippen LogP contribution in [0.5, 0.6) is 23.0 Å². The van der Waals surface area contributed by atoms with Gasteiger partial charge in [0.1, 0.15) is 53.2 Å². The van der Waals surface area contributed by atoms with Gasteiger partial charge in [-0.05, 0) is 53.9 Å². The molecule has 0 aliphatic rings. The first-order chi connectivity index (χ1) is 28.1. The number of amides is 1. The summed E-state index contributed by atoms with van der Waals surface area (Å²) in [7, 11) is 6.55. The number of hydrogen-bond donors (Lipinski definition) is 1. The van der Waals surface area contributed by atoms with Crippen LogP contribution in [0.25, 0.3) is 33.9 Å². The Morgan fingerprint density at radius 3 is 2.21 bits per heavy atom. The second-order valence-electron chi connectivity index (χ2n) is 13.3. The number of aryl methyl sites for hydroxylation is 2. The van der Waals surface area contributed by atoms with Crippen LogP contribution in [0.4, 0.5) is 0 Å². The zero-order valence-corrected chi connectivity index (χ0v) is 33.1. The fourth-order valence-electron chi connectivity index (χ4n) is 6.51. The van der Waals surface area contributed by atoms with Crippen LogP contribution in [0.1, 0.15) is 39.8 Å². The van der Waals surface area contributed by atoms with E-state index in [9.17, 15) is 9.59 Å². The predicted molar refractivity (Wildman–Crippen MR) is 214 cm³/mol. The minimum absolute atomic E-state index is 0.0681. The van der Waals surface area contributed by atoms with Crippen LogP contribution in [0.2, 0.25) is 0 Å². The summed E-state index contributed by atoms with van der Waals surface area (Å²) in [6.07, 6.45) is 1.69. The maximum absolute atomic E-state index is 13.9. The first-order valence-corrected chi connectivity index (χ1v) is 18.4. The Bertz CT molecular complexity index is 2540. The smallest absolute Gasteiger partial charge is 0.302 e. The van der Waals surface area contributed by atoms with E-state index in [1.807, 2.05) is 78.2 Å². The molecule has 16 heteroatoms. The summed E-state index contributed by atoms with van der Waals surface area (Å²) in [5, 5.41) is 22.5. The van der Waals surface area contributed by atoms with Crippen molar-refractivity contribution in [2.75, 3.05) is 27.9 Å². The number of fused-ring (bicyclic) bond motifs is 1. The van der Waals surface area contributed by atoms with Crippen molar-refractivity contribution in [1.82, 2.24) is 44.6 Å². The van der Waals surface area contributed by atoms with Gasteiger partial charge in [-0.3, -0.25) is 23.5 Å². The number of rotatable bonds is 16. The van der Waals surface area contributed by atoms with Crippen molar-refractivity contribution in [3.63, 3.8) is 0 Å². The van der Waals surface area contributed by atoms with Crippen molar-refractivity contribution in [2.24, 2.45) is 7.05 Å². The van der Waals surface area contributed by atoms with Gasteiger partial charge in [0.05, 0.1) is 46.1 Å². The SMILES string of the molecule is COc1ccc(Cn2c(-c3nc(C(=O)NCc4cc(OC)cc(OC)c4)cc4c3cnn4C)nnc2-c2c(OCc3ccccc3)c(C)nn2CCOC(C)=O)cc1. The van der Waals surface area contributed by atoms with Gasteiger partial charge in [-0.15, -0.1) is 10.2 Å². The van der Waals surface area contributed by atoms with Crippen molar-refractivity contribution >= 4 is 22.8 Å². The molecule has 0 spiro atoms. The average molecular weight is 786 g/mol. The Hall–Kier alpha value is -7.23. The predicted octanol–water partition coefficient (Wildman–Crippen LogP) is 5.54. The molecule has 4 aromatic heterocycles. The van der Waals surface area contributed by atoms with Gasteiger partial charge in [0, 0.05) is 32.0 Å². The third-order valence-electron chi connectivity index (χ3n) is 9.42. The molecule has 16 nitrogen and oxygen atoms in total. The Labute approximate surface area is 334 Å². The lowest BCUT2D eigenvalue weighted by molar-refractivity contribution is -0.141. The third-order valence-corrected chi connectivity index (χ3v) is 9.42. The van der Waals surface area contributed by atoms with E-state index in [2.05, 4.69) is 10.4 Å². The fraction of sp³-hybridized carbons (Fsp3) is 0.262. The number of benzene rings is 3. The summed E-state index contributed by atoms with van der Waals surface area (Å²) >= 11 is 0. The maximum Gasteiger partial charge on any atom is 0.302 e. The molecule has 0 radical (unpaired) electrons. The maximum atomic E-state index is 13.9. The summed E-state index contributed by atoms with van der Waals surface area (Å²) in [5.74, 6) is 2.36. The molecule has 0 bridgehead atoms. The van der Waals surface area contributed by atoms with E-state index in [4.69, 9.17) is 44.0 Å². The Morgan fingerprint density at radius 1 is 0.810 bits per heavy atom. The second kappa shape index (κ2) is 17.3. The van der Waals surface area contributed by atoms with Crippen LogP contribution in [0.15, 0.2) is 85.1 Å². The lowest BCUT2D eigenvalue weighted by Crippen LogP contribution is -2.24. The summed E-state index contributed by atoms with van der Waals surface area (Å²) in [5.41, 5.74) is 4.98. The summed E-state index contributed by atoms with van der Waals surface area (Å²) in [6.45, 7) is 4.23. The molecule has 0 aliphatic carbocycles. The monoisotopic (exact) mass is 785 g/mol. The summed E-state index contributed by atoms with van der Waals surface area (Å²) < 4.78 is 33.4. The van der Waals surface area contributed by atoms with E-state index >= 15 is 0 Å². The van der Waals surface area contributed by atoms with Crippen LogP contribution in [0, 0.1) is 6.92 Å². The molecular weight excluding hydrogens is 743 g/mol. The van der Waals surface area contributed by atoms with E-state index in [0.29, 0.717) is 62.6 Å². The normalized spacial score (nSPS) is 11.1. The van der Waals surface area contributed by atoms with Gasteiger partial charge in [-0.25, -0.2) is 4.98 Å². The lowest BCUT2D eigenvalue weighted by Gasteiger charge is -2.15. The Kier molecular flexibility index (Phi) is 11.6. The minimum atomic E-state index is -0.414. The van der Waals surface area contributed by atoms with Gasteiger partial charge in [0.2, 0.25) is 0 Å². The van der Waals surface area contributed by atoms with E-state index in [0.717, 1.165) is 16.7 Å². The highest BCUT2D eigenvalue weighted by Gasteiger charge is 2.28. The van der Waals surface area contributed by atoms with Crippen LogP contribution >= 0.6 is 0 Å². The van der Waals surface area contributed by atoms with E-state index in [-0.39, 0.29) is 38.5 Å². The average Bonchev–Trinajstić information content (AvgIpc) is 3.92. The third kappa shape index (κ3) is 8.45. The molecule has 0 aliphatic heterocycles. The molecule has 0 unspecified atom stereocenters. The largest absolute Gasteiger partial charge is 0.497 e. The van der Waals surface area contributed by atoms with Gasteiger partial charge in [0.15, 0.2) is 17.4 Å². The number of nitrogens with zero attached hydrogens (tertiary/aromatic N) is 8. The number of esters is 1. The summed E-state index contributed by atoms with van der Waals surface area (Å²) in [4.78, 5) is 30.6. The quantitative estimate of drug-likeness (QED) is 0.121. The molecule has 0 saturated heterocycles. The molecule has 1 amide bonds. The lowest BCUT2D eigenvalue weighted by atomic mass is 10.1. The number of carbonyl (C=O) groups is 2. The number of aromatic nitrogens is 8. The number of ether oxygens (including phenoxy) is 5. The number of pyridine rings is 1. The van der Waals surface area contributed by atoms with Gasteiger partial charge in [-0.2, -0.15) is 10.2 Å². The van der Waals surface area contributed by atoms with Crippen molar-refractivity contribution < 1.29 is 33.3 Å². The zero-order chi connectivity index (χ0) is 40.8. The first-order valence-electron chi connectivity index (χ1n) is 18.4. The van der Waals surface area contributed by atoms with Crippen LogP contribution in [-0.4, -0.2) is 79.1 Å². The molecule has 7 rings (SSSR count). The van der Waals surface area contributed by atoms with Gasteiger partial charge in [-0.1, -0.05) is 42.5 Å². The van der Waals surface area contributed by atoms with Crippen LogP contribution < -0.4 is 24.3 Å². The Morgan fingerprint density at radius 2 is 1.52 bits per heavy atom. The standard InChI is InChI=1S/C42H43N9O7/c1-26-39(58-25-29-10-8-7-9-11-29)38(51(48-26)16-17-57-27(2)52)41-47-46-40(50(41)24-28-12-14-31(54-4)15-13-28)37-34-23-44-49(3)36(34)21-35(45-37)42(53)43-22-30-18-32(55-5)20-33(19-30)56-6/h7-15,18-21,23H,16-17,22,24-25H2,1-6H3,(H,43,53). The highest BCUT2D eigenvalue weighted by atomic mass is 16.5. The Balaban J connectivity index is 1.35. The van der Waals surface area contributed by atoms with Crippen molar-refractivity contribution in [3.8, 4) is 46.0 Å². The van der Waals surface area contributed by atoms with Crippen molar-refractivity contribution in [1.29, 1.82) is 0 Å². The number of carbonyl (C=O) groups excluding carboxylic acids is 2. The zero-order valence-electron chi connectivity index (χ0n) is 33.1. The number of nitrogens with one attached hydrogen (secondary N) is 1. The van der Waals surface area contributed by atoms with Crippen molar-refractivity contribution in [3.05, 3.63) is 113 Å². The highest BCUT2D eigenvalue weighted by Crippen LogP contribution is 2.37. The van der Waals surface area contributed by atoms with Crippen LogP contribution in [0.3, 0.4) is 0 Å². The fourth-order valence-corrected chi connectivity index (χ4v) is 6.51. The van der Waals surface area contributed by atoms with E-state index in [1.165, 1.54) is 6.92 Å². The number of hydrogen-bond acceptors (Lipinski definition) is 12. The van der Waals surface area contributed by atoms with Crippen LogP contribution in [-0.2, 0) is 42.8 Å². The molecule has 7 aromatic rings. The molecule has 3 aromatic carbocycles.